The van der Waals surface area contributed by atoms with Crippen molar-refractivity contribution in [3.63, 3.8) is 0 Å². The van der Waals surface area contributed by atoms with E-state index in [-0.39, 0.29) is 25.0 Å². The molecule has 1 aliphatic heterocycles. The lowest BCUT2D eigenvalue weighted by atomic mass is 9.76. The molecule has 0 aromatic heterocycles. The summed E-state index contributed by atoms with van der Waals surface area (Å²) in [4.78, 5) is 40.3. The van der Waals surface area contributed by atoms with Gasteiger partial charge in [0.15, 0.2) is 11.5 Å². The fourth-order valence-corrected chi connectivity index (χ4v) is 6.13. The topological polar surface area (TPSA) is 125 Å². The molecule has 2 saturated carbocycles. The van der Waals surface area contributed by atoms with E-state index in [2.05, 4.69) is 5.32 Å². The molecule has 3 aliphatic carbocycles. The Morgan fingerprint density at radius 1 is 1.19 bits per heavy atom. The van der Waals surface area contributed by atoms with Crippen LogP contribution >= 0.6 is 0 Å². The third-order valence-electron chi connectivity index (χ3n) is 8.16. The number of ether oxygens (including phenoxy) is 2. The van der Waals surface area contributed by atoms with Gasteiger partial charge in [-0.25, -0.2) is 0 Å². The molecular formula is C28H36N2O7. The third kappa shape index (κ3) is 4.99. The number of rotatable bonds is 9. The minimum atomic E-state index is -1.08. The smallest absolute Gasteiger partial charge is 0.247 e. The first-order valence-corrected chi connectivity index (χ1v) is 13.4. The van der Waals surface area contributed by atoms with Crippen LogP contribution in [0.4, 0.5) is 0 Å². The first-order valence-electron chi connectivity index (χ1n) is 13.4. The normalized spacial score (nSPS) is 26.8. The second kappa shape index (κ2) is 10.8. The summed E-state index contributed by atoms with van der Waals surface area (Å²) in [7, 11) is 1.47. The molecule has 0 unspecified atom stereocenters. The summed E-state index contributed by atoms with van der Waals surface area (Å²) in [6, 6.07) is 2.50. The summed E-state index contributed by atoms with van der Waals surface area (Å²) >= 11 is 0. The number of carbonyl (C=O) groups is 3. The molecule has 0 radical (unpaired) electrons. The molecule has 0 spiro atoms. The number of aliphatic hydroxyl groups excluding tert-OH is 2. The molecule has 2 fully saturated rings. The van der Waals surface area contributed by atoms with E-state index in [1.165, 1.54) is 13.5 Å². The first kappa shape index (κ1) is 25.7. The zero-order chi connectivity index (χ0) is 26.1. The first-order chi connectivity index (χ1) is 18.0. The third-order valence-corrected chi connectivity index (χ3v) is 8.16. The Morgan fingerprint density at radius 3 is 2.59 bits per heavy atom. The van der Waals surface area contributed by atoms with Crippen molar-refractivity contribution in [2.24, 2.45) is 11.8 Å². The average molecular weight is 513 g/mol. The highest BCUT2D eigenvalue weighted by molar-refractivity contribution is 5.96. The SMILES string of the molecule is COc1cc(C=O)cc2c1O[C@@H]1[C@@H](O)[C@H](N(CC3CCCCC3)C(=O)C3CC3)C=C(C(=O)NCCO)[C@H]21. The number of methoxy groups -OCH3 is 1. The van der Waals surface area contributed by atoms with Gasteiger partial charge >= 0.3 is 0 Å². The lowest BCUT2D eigenvalue weighted by molar-refractivity contribution is -0.139. The average Bonchev–Trinajstić information content (AvgIpc) is 3.70. The summed E-state index contributed by atoms with van der Waals surface area (Å²) in [6.45, 7) is 0.393. The molecule has 1 heterocycles. The van der Waals surface area contributed by atoms with Gasteiger partial charge in [0.25, 0.3) is 0 Å². The van der Waals surface area contributed by atoms with Gasteiger partial charge < -0.3 is 29.9 Å². The Kier molecular flexibility index (Phi) is 7.53. The summed E-state index contributed by atoms with van der Waals surface area (Å²) in [5.74, 6) is 0.0299. The van der Waals surface area contributed by atoms with Gasteiger partial charge in [0.2, 0.25) is 11.8 Å². The lowest BCUT2D eigenvalue weighted by Gasteiger charge is -2.42. The van der Waals surface area contributed by atoms with Gasteiger partial charge in [0, 0.05) is 35.7 Å². The number of aliphatic hydroxyl groups is 2. The Bertz CT molecular complexity index is 1080. The van der Waals surface area contributed by atoms with Crippen LogP contribution in [0.3, 0.4) is 0 Å². The monoisotopic (exact) mass is 512 g/mol. The number of carbonyl (C=O) groups excluding carboxylic acids is 3. The Balaban J connectivity index is 1.56. The van der Waals surface area contributed by atoms with Gasteiger partial charge in [-0.1, -0.05) is 19.3 Å². The summed E-state index contributed by atoms with van der Waals surface area (Å²) in [6.07, 6.45) is 7.74. The van der Waals surface area contributed by atoms with Gasteiger partial charge in [-0.2, -0.15) is 0 Å². The van der Waals surface area contributed by atoms with Crippen LogP contribution in [0.2, 0.25) is 0 Å². The highest BCUT2D eigenvalue weighted by atomic mass is 16.5. The predicted octanol–water partition coefficient (Wildman–Crippen LogP) is 1.95. The minimum absolute atomic E-state index is 0.0239. The number of benzene rings is 1. The van der Waals surface area contributed by atoms with Crippen molar-refractivity contribution in [2.75, 3.05) is 26.8 Å². The molecule has 9 heteroatoms. The van der Waals surface area contributed by atoms with E-state index in [4.69, 9.17) is 9.47 Å². The lowest BCUT2D eigenvalue weighted by Crippen LogP contribution is -2.57. The van der Waals surface area contributed by atoms with E-state index < -0.39 is 30.1 Å². The minimum Gasteiger partial charge on any atom is -0.493 e. The number of hydrogen-bond acceptors (Lipinski definition) is 7. The quantitative estimate of drug-likeness (QED) is 0.432. The summed E-state index contributed by atoms with van der Waals surface area (Å²) in [5, 5.41) is 23.7. The van der Waals surface area contributed by atoms with Crippen molar-refractivity contribution in [1.82, 2.24) is 10.2 Å². The predicted molar refractivity (Wildman–Crippen MR) is 135 cm³/mol. The molecule has 200 valence electrons. The van der Waals surface area contributed by atoms with Crippen LogP contribution in [-0.2, 0) is 9.59 Å². The van der Waals surface area contributed by atoms with E-state index in [1.807, 2.05) is 0 Å². The number of nitrogens with one attached hydrogen (secondary N) is 1. The fourth-order valence-electron chi connectivity index (χ4n) is 6.13. The molecule has 1 aromatic carbocycles. The summed E-state index contributed by atoms with van der Waals surface area (Å²) < 4.78 is 11.7. The van der Waals surface area contributed by atoms with Crippen molar-refractivity contribution < 1.29 is 34.1 Å². The molecule has 0 bridgehead atoms. The number of amides is 2. The molecule has 4 atom stereocenters. The van der Waals surface area contributed by atoms with Gasteiger partial charge in [0.05, 0.1) is 25.7 Å². The van der Waals surface area contributed by atoms with E-state index >= 15 is 0 Å². The largest absolute Gasteiger partial charge is 0.493 e. The second-order valence-electron chi connectivity index (χ2n) is 10.7. The van der Waals surface area contributed by atoms with Gasteiger partial charge in [-0.3, -0.25) is 14.4 Å². The van der Waals surface area contributed by atoms with Crippen LogP contribution in [0.1, 0.15) is 66.8 Å². The Morgan fingerprint density at radius 2 is 1.95 bits per heavy atom. The van der Waals surface area contributed by atoms with E-state index in [1.54, 1.807) is 23.1 Å². The van der Waals surface area contributed by atoms with Crippen LogP contribution in [0, 0.1) is 11.8 Å². The molecular weight excluding hydrogens is 476 g/mol. The second-order valence-corrected chi connectivity index (χ2v) is 10.7. The number of nitrogens with zero attached hydrogens (tertiary/aromatic N) is 1. The molecule has 3 N–H and O–H groups in total. The van der Waals surface area contributed by atoms with Gasteiger partial charge in [-0.15, -0.1) is 0 Å². The van der Waals surface area contributed by atoms with Crippen LogP contribution in [0.5, 0.6) is 11.5 Å². The highest BCUT2D eigenvalue weighted by Crippen LogP contribution is 2.51. The maximum atomic E-state index is 13.5. The molecule has 0 saturated heterocycles. The molecule has 9 nitrogen and oxygen atoms in total. The van der Waals surface area contributed by atoms with Crippen molar-refractivity contribution in [3.05, 3.63) is 34.9 Å². The van der Waals surface area contributed by atoms with Crippen molar-refractivity contribution in [3.8, 4) is 11.5 Å². The van der Waals surface area contributed by atoms with E-state index in [0.717, 1.165) is 38.5 Å². The standard InChI is InChI=1S/C28H36N2O7/c1-36-22-12-17(15-32)11-19-23-20(27(34)29-9-10-31)13-21(24(33)26(23)37-25(19)22)30(28(35)18-7-8-18)14-16-5-3-2-4-6-16/h11-13,15-16,18,21,23-24,26,31,33H,2-10,14H2,1H3,(H,29,34)/t21-,23+,24+,26+/m1/s1. The maximum absolute atomic E-state index is 13.5. The van der Waals surface area contributed by atoms with Crippen molar-refractivity contribution >= 4 is 18.1 Å². The number of aldehydes is 1. The zero-order valence-electron chi connectivity index (χ0n) is 21.2. The molecule has 2 amide bonds. The van der Waals surface area contributed by atoms with Crippen molar-refractivity contribution in [1.29, 1.82) is 0 Å². The molecule has 37 heavy (non-hydrogen) atoms. The van der Waals surface area contributed by atoms with Gasteiger partial charge in [0.1, 0.15) is 18.5 Å². The molecule has 5 rings (SSSR count). The van der Waals surface area contributed by atoms with Crippen LogP contribution in [-0.4, -0.2) is 78.3 Å². The maximum Gasteiger partial charge on any atom is 0.247 e. The number of hydrogen-bond donors (Lipinski definition) is 3. The van der Waals surface area contributed by atoms with Crippen LogP contribution < -0.4 is 14.8 Å². The van der Waals surface area contributed by atoms with E-state index in [0.29, 0.717) is 46.9 Å². The van der Waals surface area contributed by atoms with Crippen LogP contribution in [0.15, 0.2) is 23.8 Å². The fraction of sp³-hybridized carbons (Fsp3) is 0.607. The Labute approximate surface area is 216 Å². The van der Waals surface area contributed by atoms with E-state index in [9.17, 15) is 24.6 Å². The molecule has 4 aliphatic rings. The van der Waals surface area contributed by atoms with Crippen molar-refractivity contribution in [2.45, 2.75) is 69.1 Å². The van der Waals surface area contributed by atoms with Crippen LogP contribution in [0.25, 0.3) is 0 Å². The highest BCUT2D eigenvalue weighted by Gasteiger charge is 2.52. The zero-order valence-corrected chi connectivity index (χ0v) is 21.2. The van der Waals surface area contributed by atoms with Gasteiger partial charge in [-0.05, 0) is 49.8 Å². The summed E-state index contributed by atoms with van der Waals surface area (Å²) in [5.41, 5.74) is 1.31. The molecule has 1 aromatic rings. The Hall–Kier alpha value is -2.91. The number of fused-ring (bicyclic) bond motifs is 3.